The number of hydrogen-bond acceptors (Lipinski definition) is 4. The van der Waals surface area contributed by atoms with Crippen LogP contribution < -0.4 is 10.1 Å². The van der Waals surface area contributed by atoms with Crippen molar-refractivity contribution < 1.29 is 13.9 Å². The predicted molar refractivity (Wildman–Crippen MR) is 109 cm³/mol. The number of methoxy groups -OCH3 is 1. The molecule has 0 aliphatic heterocycles. The second-order valence-corrected chi connectivity index (χ2v) is 6.65. The number of benzene rings is 3. The minimum absolute atomic E-state index is 0.248. The van der Waals surface area contributed by atoms with Crippen molar-refractivity contribution in [1.82, 2.24) is 10.3 Å². The van der Waals surface area contributed by atoms with Crippen LogP contribution in [0.1, 0.15) is 15.9 Å². The first-order valence-electron chi connectivity index (χ1n) is 8.70. The average molecular weight is 393 g/mol. The SMILES string of the molecule is COc1ccc(Cl)cc1C(=O)NCc1ccc(-c2nc3ccccc3o2)cc1. The molecule has 0 saturated carbocycles. The lowest BCUT2D eigenvalue weighted by Crippen LogP contribution is -2.23. The maximum absolute atomic E-state index is 12.5. The van der Waals surface area contributed by atoms with E-state index in [1.165, 1.54) is 7.11 Å². The second kappa shape index (κ2) is 7.74. The summed E-state index contributed by atoms with van der Waals surface area (Å²) in [6.45, 7) is 0.377. The number of nitrogens with one attached hydrogen (secondary N) is 1. The summed E-state index contributed by atoms with van der Waals surface area (Å²) >= 11 is 5.99. The maximum Gasteiger partial charge on any atom is 0.255 e. The topological polar surface area (TPSA) is 64.4 Å². The monoisotopic (exact) mass is 392 g/mol. The van der Waals surface area contributed by atoms with Gasteiger partial charge in [0.05, 0.1) is 12.7 Å². The third kappa shape index (κ3) is 3.70. The number of oxazole rings is 1. The number of carbonyl (C=O) groups excluding carboxylic acids is 1. The van der Waals surface area contributed by atoms with Gasteiger partial charge in [-0.1, -0.05) is 35.9 Å². The van der Waals surface area contributed by atoms with Crippen LogP contribution in [0.25, 0.3) is 22.6 Å². The van der Waals surface area contributed by atoms with E-state index in [9.17, 15) is 4.79 Å². The van der Waals surface area contributed by atoms with Gasteiger partial charge in [-0.25, -0.2) is 4.98 Å². The number of fused-ring (bicyclic) bond motifs is 1. The normalized spacial score (nSPS) is 10.8. The van der Waals surface area contributed by atoms with E-state index in [1.807, 2.05) is 48.5 Å². The molecule has 1 heterocycles. The summed E-state index contributed by atoms with van der Waals surface area (Å²) in [5.74, 6) is 0.802. The van der Waals surface area contributed by atoms with Gasteiger partial charge in [-0.2, -0.15) is 0 Å². The minimum atomic E-state index is -0.248. The molecule has 4 rings (SSSR count). The first-order chi connectivity index (χ1) is 13.6. The fourth-order valence-electron chi connectivity index (χ4n) is 2.90. The molecule has 0 atom stereocenters. The van der Waals surface area contributed by atoms with Crippen LogP contribution in [0, 0.1) is 0 Å². The summed E-state index contributed by atoms with van der Waals surface area (Å²) in [6.07, 6.45) is 0. The molecule has 1 aromatic heterocycles. The molecule has 0 bridgehead atoms. The summed E-state index contributed by atoms with van der Waals surface area (Å²) in [6, 6.07) is 20.3. The Hall–Kier alpha value is -3.31. The molecule has 0 aliphatic rings. The van der Waals surface area contributed by atoms with Crippen LogP contribution in [0.2, 0.25) is 5.02 Å². The molecule has 28 heavy (non-hydrogen) atoms. The third-order valence-electron chi connectivity index (χ3n) is 4.35. The number of para-hydroxylation sites is 2. The highest BCUT2D eigenvalue weighted by Crippen LogP contribution is 2.25. The van der Waals surface area contributed by atoms with Crippen molar-refractivity contribution in [2.45, 2.75) is 6.54 Å². The van der Waals surface area contributed by atoms with Gasteiger partial charge in [-0.05, 0) is 48.0 Å². The first kappa shape index (κ1) is 18.1. The lowest BCUT2D eigenvalue weighted by molar-refractivity contribution is 0.0948. The predicted octanol–water partition coefficient (Wildman–Crippen LogP) is 5.09. The van der Waals surface area contributed by atoms with Crippen LogP contribution in [0.15, 0.2) is 71.1 Å². The molecular weight excluding hydrogens is 376 g/mol. The van der Waals surface area contributed by atoms with Gasteiger partial charge < -0.3 is 14.5 Å². The van der Waals surface area contributed by atoms with Gasteiger partial charge in [-0.15, -0.1) is 0 Å². The highest BCUT2D eigenvalue weighted by atomic mass is 35.5. The number of rotatable bonds is 5. The number of halogens is 1. The summed E-state index contributed by atoms with van der Waals surface area (Å²) < 4.78 is 11.0. The molecule has 0 aliphatic carbocycles. The number of hydrogen-bond donors (Lipinski definition) is 1. The van der Waals surface area contributed by atoms with Crippen LogP contribution in [-0.2, 0) is 6.54 Å². The molecule has 0 fully saturated rings. The van der Waals surface area contributed by atoms with Crippen molar-refractivity contribution in [1.29, 1.82) is 0 Å². The molecule has 1 amide bonds. The lowest BCUT2D eigenvalue weighted by atomic mass is 10.1. The molecule has 1 N–H and O–H groups in total. The molecule has 0 saturated heterocycles. The molecular formula is C22H17ClN2O3. The molecule has 0 radical (unpaired) electrons. The Kier molecular flexibility index (Phi) is 5.00. The van der Waals surface area contributed by atoms with E-state index in [0.29, 0.717) is 28.8 Å². The van der Waals surface area contributed by atoms with Gasteiger partial charge in [-0.3, -0.25) is 4.79 Å². The number of nitrogens with zero attached hydrogens (tertiary/aromatic N) is 1. The van der Waals surface area contributed by atoms with Gasteiger partial charge >= 0.3 is 0 Å². The Balaban J connectivity index is 1.46. The fourth-order valence-corrected chi connectivity index (χ4v) is 3.07. The molecule has 4 aromatic rings. The van der Waals surface area contributed by atoms with E-state index in [1.54, 1.807) is 18.2 Å². The number of amides is 1. The van der Waals surface area contributed by atoms with Gasteiger partial charge in [0, 0.05) is 17.1 Å². The molecule has 5 nitrogen and oxygen atoms in total. The number of carbonyl (C=O) groups is 1. The zero-order valence-electron chi connectivity index (χ0n) is 15.1. The highest BCUT2D eigenvalue weighted by Gasteiger charge is 2.13. The third-order valence-corrected chi connectivity index (χ3v) is 4.59. The van der Waals surface area contributed by atoms with E-state index in [-0.39, 0.29) is 5.91 Å². The van der Waals surface area contributed by atoms with Crippen molar-refractivity contribution in [3.05, 3.63) is 82.9 Å². The molecule has 6 heteroatoms. The number of ether oxygens (including phenoxy) is 1. The Labute approximate surface area is 166 Å². The second-order valence-electron chi connectivity index (χ2n) is 6.21. The summed E-state index contributed by atoms with van der Waals surface area (Å²) in [5, 5.41) is 3.36. The summed E-state index contributed by atoms with van der Waals surface area (Å²) in [7, 11) is 1.52. The van der Waals surface area contributed by atoms with Crippen molar-refractivity contribution in [2.75, 3.05) is 7.11 Å². The van der Waals surface area contributed by atoms with Crippen molar-refractivity contribution in [3.63, 3.8) is 0 Å². The molecule has 0 spiro atoms. The van der Waals surface area contributed by atoms with Crippen LogP contribution in [-0.4, -0.2) is 18.0 Å². The quantitative estimate of drug-likeness (QED) is 0.514. The fraction of sp³-hybridized carbons (Fsp3) is 0.0909. The van der Waals surface area contributed by atoms with Crippen LogP contribution in [0.4, 0.5) is 0 Å². The van der Waals surface area contributed by atoms with Crippen LogP contribution in [0.3, 0.4) is 0 Å². The van der Waals surface area contributed by atoms with Gasteiger partial charge in [0.2, 0.25) is 5.89 Å². The van der Waals surface area contributed by atoms with E-state index in [0.717, 1.165) is 22.2 Å². The van der Waals surface area contributed by atoms with E-state index in [2.05, 4.69) is 10.3 Å². The van der Waals surface area contributed by atoms with Crippen LogP contribution in [0.5, 0.6) is 5.75 Å². The van der Waals surface area contributed by atoms with Gasteiger partial charge in [0.1, 0.15) is 11.3 Å². The lowest BCUT2D eigenvalue weighted by Gasteiger charge is -2.10. The minimum Gasteiger partial charge on any atom is -0.496 e. The van der Waals surface area contributed by atoms with Gasteiger partial charge in [0.15, 0.2) is 5.58 Å². The van der Waals surface area contributed by atoms with Crippen molar-refractivity contribution in [3.8, 4) is 17.2 Å². The zero-order valence-corrected chi connectivity index (χ0v) is 15.9. The van der Waals surface area contributed by atoms with Crippen molar-refractivity contribution >= 4 is 28.6 Å². The van der Waals surface area contributed by atoms with E-state index in [4.69, 9.17) is 20.8 Å². The molecule has 3 aromatic carbocycles. The zero-order chi connectivity index (χ0) is 19.5. The standard InChI is InChI=1S/C22H17ClN2O3/c1-27-19-11-10-16(23)12-17(19)21(26)24-13-14-6-8-15(9-7-14)22-25-18-4-2-3-5-20(18)28-22/h2-12H,13H2,1H3,(H,24,26). The summed E-state index contributed by atoms with van der Waals surface area (Å²) in [5.41, 5.74) is 3.81. The smallest absolute Gasteiger partial charge is 0.255 e. The Bertz CT molecular complexity index is 1100. The first-order valence-corrected chi connectivity index (χ1v) is 9.08. The number of aromatic nitrogens is 1. The molecule has 140 valence electrons. The average Bonchev–Trinajstić information content (AvgIpc) is 3.16. The Morgan fingerprint density at radius 1 is 1.11 bits per heavy atom. The largest absolute Gasteiger partial charge is 0.496 e. The summed E-state index contributed by atoms with van der Waals surface area (Å²) in [4.78, 5) is 17.0. The maximum atomic E-state index is 12.5. The van der Waals surface area contributed by atoms with Gasteiger partial charge in [0.25, 0.3) is 5.91 Å². The van der Waals surface area contributed by atoms with Crippen molar-refractivity contribution in [2.24, 2.45) is 0 Å². The Morgan fingerprint density at radius 2 is 1.89 bits per heavy atom. The van der Waals surface area contributed by atoms with Crippen LogP contribution >= 0.6 is 11.6 Å². The van der Waals surface area contributed by atoms with E-state index >= 15 is 0 Å². The molecule has 0 unspecified atom stereocenters. The van der Waals surface area contributed by atoms with E-state index < -0.39 is 0 Å². The Morgan fingerprint density at radius 3 is 2.64 bits per heavy atom. The highest BCUT2D eigenvalue weighted by molar-refractivity contribution is 6.31.